The van der Waals surface area contributed by atoms with Gasteiger partial charge in [-0.05, 0) is 14.1 Å². The Bertz CT molecular complexity index is 202. The van der Waals surface area contributed by atoms with Crippen LogP contribution in [0.4, 0.5) is 0 Å². The van der Waals surface area contributed by atoms with E-state index < -0.39 is 0 Å². The van der Waals surface area contributed by atoms with Crippen molar-refractivity contribution in [2.45, 2.75) is 6.42 Å². The standard InChI is InChI=1S/C11H24N4O/c1-12-4-3-11(16)13-5-6-15-9-7-14(2)8-10-15/h12H,3-10H2,1-2H3,(H,13,16). The number of nitrogens with one attached hydrogen (secondary N) is 2. The molecule has 0 aromatic heterocycles. The quantitative estimate of drug-likeness (QED) is 0.610. The van der Waals surface area contributed by atoms with Crippen LogP contribution in [0.1, 0.15) is 6.42 Å². The Balaban J connectivity index is 2.00. The zero-order valence-electron chi connectivity index (χ0n) is 10.5. The van der Waals surface area contributed by atoms with Crippen LogP contribution in [0.25, 0.3) is 0 Å². The number of nitrogens with zero attached hydrogens (tertiary/aromatic N) is 2. The highest BCUT2D eigenvalue weighted by Crippen LogP contribution is 1.97. The molecule has 1 fully saturated rings. The predicted molar refractivity (Wildman–Crippen MR) is 65.5 cm³/mol. The smallest absolute Gasteiger partial charge is 0.221 e. The van der Waals surface area contributed by atoms with Crippen molar-refractivity contribution in [3.63, 3.8) is 0 Å². The number of hydrogen-bond donors (Lipinski definition) is 2. The van der Waals surface area contributed by atoms with Gasteiger partial charge in [0.1, 0.15) is 0 Å². The summed E-state index contributed by atoms with van der Waals surface area (Å²) in [6, 6.07) is 0. The molecule has 0 aliphatic carbocycles. The molecule has 1 amide bonds. The minimum absolute atomic E-state index is 0.142. The third-order valence-electron chi connectivity index (χ3n) is 2.95. The van der Waals surface area contributed by atoms with E-state index in [1.54, 1.807) is 0 Å². The summed E-state index contributed by atoms with van der Waals surface area (Å²) in [7, 11) is 4.01. The average Bonchev–Trinajstić information content (AvgIpc) is 2.29. The first kappa shape index (κ1) is 13.4. The maximum atomic E-state index is 11.3. The van der Waals surface area contributed by atoms with Gasteiger partial charge < -0.3 is 15.5 Å². The third-order valence-corrected chi connectivity index (χ3v) is 2.95. The predicted octanol–water partition coefficient (Wildman–Crippen LogP) is -1.04. The van der Waals surface area contributed by atoms with Crippen LogP contribution in [0.2, 0.25) is 0 Å². The minimum Gasteiger partial charge on any atom is -0.355 e. The normalized spacial score (nSPS) is 18.6. The van der Waals surface area contributed by atoms with E-state index in [2.05, 4.69) is 27.5 Å². The lowest BCUT2D eigenvalue weighted by molar-refractivity contribution is -0.121. The monoisotopic (exact) mass is 228 g/mol. The van der Waals surface area contributed by atoms with Crippen molar-refractivity contribution in [2.75, 3.05) is 59.9 Å². The molecule has 2 N–H and O–H groups in total. The molecule has 0 saturated carbocycles. The second kappa shape index (κ2) is 7.60. The van der Waals surface area contributed by atoms with E-state index in [9.17, 15) is 4.79 Å². The van der Waals surface area contributed by atoms with Crippen LogP contribution < -0.4 is 10.6 Å². The Morgan fingerprint density at radius 3 is 2.50 bits per heavy atom. The van der Waals surface area contributed by atoms with E-state index >= 15 is 0 Å². The molecule has 5 nitrogen and oxygen atoms in total. The SMILES string of the molecule is CNCCC(=O)NCCN1CCN(C)CC1. The molecule has 16 heavy (non-hydrogen) atoms. The van der Waals surface area contributed by atoms with E-state index in [1.165, 1.54) is 0 Å². The van der Waals surface area contributed by atoms with Gasteiger partial charge in [-0.2, -0.15) is 0 Å². The van der Waals surface area contributed by atoms with E-state index in [0.717, 1.165) is 45.8 Å². The van der Waals surface area contributed by atoms with Crippen LogP contribution in [-0.4, -0.2) is 75.6 Å². The Hall–Kier alpha value is -0.650. The molecule has 0 aromatic carbocycles. The van der Waals surface area contributed by atoms with Gasteiger partial charge in [-0.15, -0.1) is 0 Å². The van der Waals surface area contributed by atoms with E-state index in [4.69, 9.17) is 0 Å². The fourth-order valence-electron chi connectivity index (χ4n) is 1.75. The summed E-state index contributed by atoms with van der Waals surface area (Å²) >= 11 is 0. The Morgan fingerprint density at radius 2 is 1.88 bits per heavy atom. The van der Waals surface area contributed by atoms with Crippen LogP contribution in [-0.2, 0) is 4.79 Å². The molecular weight excluding hydrogens is 204 g/mol. The molecule has 1 saturated heterocycles. The van der Waals surface area contributed by atoms with Gasteiger partial charge in [0, 0.05) is 52.2 Å². The van der Waals surface area contributed by atoms with Crippen molar-refractivity contribution in [1.82, 2.24) is 20.4 Å². The number of amides is 1. The van der Waals surface area contributed by atoms with E-state index in [0.29, 0.717) is 6.42 Å². The maximum absolute atomic E-state index is 11.3. The number of carbonyl (C=O) groups is 1. The zero-order valence-corrected chi connectivity index (χ0v) is 10.5. The number of rotatable bonds is 6. The van der Waals surface area contributed by atoms with Gasteiger partial charge in [0.15, 0.2) is 0 Å². The molecule has 1 aliphatic heterocycles. The van der Waals surface area contributed by atoms with Crippen LogP contribution >= 0.6 is 0 Å². The van der Waals surface area contributed by atoms with E-state index in [1.807, 2.05) is 7.05 Å². The second-order valence-corrected chi connectivity index (χ2v) is 4.35. The van der Waals surface area contributed by atoms with Crippen LogP contribution in [0.5, 0.6) is 0 Å². The summed E-state index contributed by atoms with van der Waals surface area (Å²) in [6.45, 7) is 6.99. The molecule has 1 rings (SSSR count). The van der Waals surface area contributed by atoms with Crippen molar-refractivity contribution >= 4 is 5.91 Å². The molecule has 0 atom stereocenters. The maximum Gasteiger partial charge on any atom is 0.221 e. The molecule has 0 bridgehead atoms. The molecule has 5 heteroatoms. The van der Waals surface area contributed by atoms with Crippen molar-refractivity contribution in [2.24, 2.45) is 0 Å². The van der Waals surface area contributed by atoms with Gasteiger partial charge in [-0.25, -0.2) is 0 Å². The lowest BCUT2D eigenvalue weighted by Crippen LogP contribution is -2.47. The van der Waals surface area contributed by atoms with Gasteiger partial charge in [0.25, 0.3) is 0 Å². The molecule has 0 radical (unpaired) electrons. The summed E-state index contributed by atoms with van der Waals surface area (Å²) in [5, 5.41) is 5.91. The molecule has 0 unspecified atom stereocenters. The number of hydrogen-bond acceptors (Lipinski definition) is 4. The van der Waals surface area contributed by atoms with Crippen molar-refractivity contribution in [3.8, 4) is 0 Å². The van der Waals surface area contributed by atoms with Gasteiger partial charge in [0.2, 0.25) is 5.91 Å². The molecule has 0 spiro atoms. The highest BCUT2D eigenvalue weighted by atomic mass is 16.1. The largest absolute Gasteiger partial charge is 0.355 e. The average molecular weight is 228 g/mol. The van der Waals surface area contributed by atoms with Crippen molar-refractivity contribution < 1.29 is 4.79 Å². The Morgan fingerprint density at radius 1 is 1.19 bits per heavy atom. The summed E-state index contributed by atoms with van der Waals surface area (Å²) < 4.78 is 0. The fourth-order valence-corrected chi connectivity index (χ4v) is 1.75. The van der Waals surface area contributed by atoms with Crippen molar-refractivity contribution in [3.05, 3.63) is 0 Å². The molecule has 0 aromatic rings. The van der Waals surface area contributed by atoms with Crippen LogP contribution in [0.3, 0.4) is 0 Å². The first-order chi connectivity index (χ1) is 7.72. The Labute approximate surface area is 98.2 Å². The lowest BCUT2D eigenvalue weighted by Gasteiger charge is -2.32. The van der Waals surface area contributed by atoms with Crippen LogP contribution in [0, 0.1) is 0 Å². The van der Waals surface area contributed by atoms with Crippen LogP contribution in [0.15, 0.2) is 0 Å². The third kappa shape index (κ3) is 5.44. The topological polar surface area (TPSA) is 47.6 Å². The van der Waals surface area contributed by atoms with Crippen molar-refractivity contribution in [1.29, 1.82) is 0 Å². The summed E-state index contributed by atoms with van der Waals surface area (Å²) in [5.74, 6) is 0.142. The second-order valence-electron chi connectivity index (χ2n) is 4.35. The Kier molecular flexibility index (Phi) is 6.37. The summed E-state index contributed by atoms with van der Waals surface area (Å²) in [4.78, 5) is 16.1. The number of likely N-dealkylation sites (N-methyl/N-ethyl adjacent to an activating group) is 1. The first-order valence-corrected chi connectivity index (χ1v) is 6.04. The molecule has 1 heterocycles. The molecule has 94 valence electrons. The number of carbonyl (C=O) groups excluding carboxylic acids is 1. The summed E-state index contributed by atoms with van der Waals surface area (Å²) in [6.07, 6.45) is 0.569. The number of piperazine rings is 1. The minimum atomic E-state index is 0.142. The molecule has 1 aliphatic rings. The van der Waals surface area contributed by atoms with Gasteiger partial charge in [-0.3, -0.25) is 9.69 Å². The molecular formula is C11H24N4O. The van der Waals surface area contributed by atoms with Gasteiger partial charge >= 0.3 is 0 Å². The first-order valence-electron chi connectivity index (χ1n) is 6.04. The van der Waals surface area contributed by atoms with E-state index in [-0.39, 0.29) is 5.91 Å². The zero-order chi connectivity index (χ0) is 11.8. The lowest BCUT2D eigenvalue weighted by atomic mass is 10.3. The summed E-state index contributed by atoms with van der Waals surface area (Å²) in [5.41, 5.74) is 0. The van der Waals surface area contributed by atoms with Gasteiger partial charge in [0.05, 0.1) is 0 Å². The highest BCUT2D eigenvalue weighted by Gasteiger charge is 2.12. The highest BCUT2D eigenvalue weighted by molar-refractivity contribution is 5.76. The van der Waals surface area contributed by atoms with Gasteiger partial charge in [-0.1, -0.05) is 0 Å². The fraction of sp³-hybridized carbons (Fsp3) is 0.909.